The second kappa shape index (κ2) is 4.91. The van der Waals surface area contributed by atoms with E-state index in [1.807, 2.05) is 0 Å². The summed E-state index contributed by atoms with van der Waals surface area (Å²) in [5, 5.41) is 0. The minimum absolute atomic E-state index is 0.134. The molecule has 0 fully saturated rings. The van der Waals surface area contributed by atoms with Gasteiger partial charge in [-0.15, -0.1) is 0 Å². The fourth-order valence-electron chi connectivity index (χ4n) is 0.567. The van der Waals surface area contributed by atoms with Crippen molar-refractivity contribution in [1.29, 1.82) is 0 Å². The van der Waals surface area contributed by atoms with E-state index < -0.39 is 25.0 Å². The normalized spacial score (nSPS) is 11.3. The van der Waals surface area contributed by atoms with Crippen LogP contribution < -0.4 is 0 Å². The Morgan fingerprint density at radius 1 is 1.45 bits per heavy atom. The molecule has 0 aliphatic rings. The minimum atomic E-state index is -1.42. The van der Waals surface area contributed by atoms with Gasteiger partial charge in [0.25, 0.3) is 0 Å². The fourth-order valence-corrected chi connectivity index (χ4v) is 4.98. The third-order valence-electron chi connectivity index (χ3n) is 1.00. The first-order valence-electron chi connectivity index (χ1n) is 3.73. The molecule has 0 rings (SSSR count). The van der Waals surface area contributed by atoms with Crippen LogP contribution in [-0.4, -0.2) is 5.97 Å². The van der Waals surface area contributed by atoms with E-state index in [0.717, 1.165) is 0 Å². The molecule has 0 bridgehead atoms. The van der Waals surface area contributed by atoms with Crippen molar-refractivity contribution in [3.63, 3.8) is 0 Å². The summed E-state index contributed by atoms with van der Waals surface area (Å²) < 4.78 is 7.02. The first kappa shape index (κ1) is 11.1. The standard InChI is InChI=1S/C6H11.C2H4O2.Hg/c1-5-6(2,3)4;1-2(3)4;/h1,5H,2-4H3;1H3,(H,3,4);/q;;+1/p-1. The molecule has 0 radical (unpaired) electrons. The summed E-state index contributed by atoms with van der Waals surface area (Å²) in [6.07, 6.45) is 2.12. The Bertz CT molecular complexity index is 156. The second-order valence-electron chi connectivity index (χ2n) is 3.57. The molecule has 0 amide bonds. The van der Waals surface area contributed by atoms with Crippen LogP contribution in [0, 0.1) is 5.41 Å². The number of hydrogen-bond acceptors (Lipinski definition) is 2. The topological polar surface area (TPSA) is 26.3 Å². The van der Waals surface area contributed by atoms with Crippen molar-refractivity contribution >= 4 is 5.97 Å². The van der Waals surface area contributed by atoms with Crippen molar-refractivity contribution in [3.05, 3.63) is 9.66 Å². The Morgan fingerprint density at radius 3 is 2.36 bits per heavy atom. The van der Waals surface area contributed by atoms with E-state index >= 15 is 0 Å². The van der Waals surface area contributed by atoms with Crippen molar-refractivity contribution in [2.24, 2.45) is 5.41 Å². The maximum absolute atomic E-state index is 10.4. The molecule has 0 unspecified atom stereocenters. The van der Waals surface area contributed by atoms with E-state index in [4.69, 9.17) is 2.64 Å². The maximum atomic E-state index is 10.4. The third kappa shape index (κ3) is 10.1. The van der Waals surface area contributed by atoms with Gasteiger partial charge in [-0.05, 0) is 0 Å². The van der Waals surface area contributed by atoms with Crippen molar-refractivity contribution < 1.29 is 32.5 Å². The predicted octanol–water partition coefficient (Wildman–Crippen LogP) is 2.11. The Labute approximate surface area is 81.1 Å². The number of allylic oxidation sites excluding steroid dienone is 1. The van der Waals surface area contributed by atoms with Crippen molar-refractivity contribution in [2.45, 2.75) is 27.7 Å². The summed E-state index contributed by atoms with van der Waals surface area (Å²) in [4.78, 5) is 10.4. The van der Waals surface area contributed by atoms with Gasteiger partial charge in [0.05, 0.1) is 0 Å². The van der Waals surface area contributed by atoms with Crippen LogP contribution in [0.4, 0.5) is 0 Å². The molecule has 11 heavy (non-hydrogen) atoms. The molecule has 2 nitrogen and oxygen atoms in total. The summed E-state index contributed by atoms with van der Waals surface area (Å²) >= 11 is -1.42. The van der Waals surface area contributed by atoms with Gasteiger partial charge in [0.1, 0.15) is 0 Å². The van der Waals surface area contributed by atoms with Crippen molar-refractivity contribution in [1.82, 2.24) is 0 Å². The zero-order valence-electron chi connectivity index (χ0n) is 7.68. The zero-order chi connectivity index (χ0) is 8.91. The molecule has 0 N–H and O–H groups in total. The molecule has 0 aromatic carbocycles. The Morgan fingerprint density at radius 2 is 2.00 bits per heavy atom. The average molecular weight is 343 g/mol. The van der Waals surface area contributed by atoms with Gasteiger partial charge in [0, 0.05) is 0 Å². The molecule has 0 saturated carbocycles. The van der Waals surface area contributed by atoms with Gasteiger partial charge in [-0.3, -0.25) is 0 Å². The van der Waals surface area contributed by atoms with Gasteiger partial charge in [-0.25, -0.2) is 0 Å². The number of rotatable bonds is 2. The van der Waals surface area contributed by atoms with Crippen LogP contribution in [-0.2, 0) is 32.5 Å². The molecule has 60 valence electrons. The van der Waals surface area contributed by atoms with Crippen LogP contribution in [0.2, 0.25) is 0 Å². The number of carbonyl (C=O) groups is 1. The first-order valence-corrected chi connectivity index (χ1v) is 9.15. The van der Waals surface area contributed by atoms with E-state index in [2.05, 4.69) is 30.4 Å². The van der Waals surface area contributed by atoms with E-state index in [1.165, 1.54) is 6.92 Å². The monoisotopic (exact) mass is 344 g/mol. The summed E-state index contributed by atoms with van der Waals surface area (Å²) in [6, 6.07) is 0. The summed E-state index contributed by atoms with van der Waals surface area (Å²) in [5.41, 5.74) is 0.222. The molecule has 0 aromatic heterocycles. The van der Waals surface area contributed by atoms with Crippen LogP contribution >= 0.6 is 0 Å². The van der Waals surface area contributed by atoms with Gasteiger partial charge in [-0.1, -0.05) is 0 Å². The average Bonchev–Trinajstić information content (AvgIpc) is 1.78. The molecular formula is C8H14HgO2. The zero-order valence-corrected chi connectivity index (χ0v) is 13.2. The van der Waals surface area contributed by atoms with E-state index in [-0.39, 0.29) is 11.4 Å². The molecule has 0 spiro atoms. The van der Waals surface area contributed by atoms with Crippen LogP contribution in [0.25, 0.3) is 0 Å². The summed E-state index contributed by atoms with van der Waals surface area (Å²) in [5.74, 6) is -0.134. The molecule has 0 aliphatic carbocycles. The molecule has 0 saturated heterocycles. The van der Waals surface area contributed by atoms with E-state index in [9.17, 15) is 4.79 Å². The van der Waals surface area contributed by atoms with Crippen LogP contribution in [0.15, 0.2) is 9.66 Å². The van der Waals surface area contributed by atoms with Crippen molar-refractivity contribution in [3.8, 4) is 0 Å². The van der Waals surface area contributed by atoms with Gasteiger partial charge < -0.3 is 0 Å². The quantitative estimate of drug-likeness (QED) is 0.718. The Hall–Kier alpha value is 0.145. The molecular weight excluding hydrogens is 329 g/mol. The third-order valence-corrected chi connectivity index (χ3v) is 4.89. The summed E-state index contributed by atoms with van der Waals surface area (Å²) in [7, 11) is 0. The molecule has 0 aliphatic heterocycles. The Kier molecular flexibility index (Phi) is 4.97. The molecule has 0 heterocycles. The fraction of sp³-hybridized carbons (Fsp3) is 0.625. The van der Waals surface area contributed by atoms with Gasteiger partial charge >= 0.3 is 81.2 Å². The van der Waals surface area contributed by atoms with Gasteiger partial charge in [0.2, 0.25) is 0 Å². The predicted molar refractivity (Wildman–Crippen MR) is 40.4 cm³/mol. The van der Waals surface area contributed by atoms with Crippen molar-refractivity contribution in [2.75, 3.05) is 0 Å². The van der Waals surface area contributed by atoms with E-state index in [0.29, 0.717) is 0 Å². The summed E-state index contributed by atoms with van der Waals surface area (Å²) in [6.45, 7) is 7.85. The van der Waals surface area contributed by atoms with Crippen LogP contribution in [0.3, 0.4) is 0 Å². The second-order valence-corrected chi connectivity index (χ2v) is 7.82. The number of carbonyl (C=O) groups excluding carboxylic acids is 1. The van der Waals surface area contributed by atoms with E-state index in [1.54, 1.807) is 0 Å². The van der Waals surface area contributed by atoms with Gasteiger partial charge in [-0.2, -0.15) is 0 Å². The molecule has 0 atom stereocenters. The SMILES string of the molecule is CC(=O)[O][Hg]/[CH]=C/C(C)(C)C. The Balaban J connectivity index is 3.54. The van der Waals surface area contributed by atoms with Crippen LogP contribution in [0.1, 0.15) is 27.7 Å². The molecule has 0 aromatic rings. The number of hydrogen-bond donors (Lipinski definition) is 0. The first-order chi connectivity index (χ1) is 4.92. The van der Waals surface area contributed by atoms with Crippen LogP contribution in [0.5, 0.6) is 0 Å². The van der Waals surface area contributed by atoms with Gasteiger partial charge in [0.15, 0.2) is 0 Å². The molecule has 3 heteroatoms.